The van der Waals surface area contributed by atoms with Crippen molar-refractivity contribution >= 4 is 40.2 Å². The Bertz CT molecular complexity index is 477. The van der Waals surface area contributed by atoms with Crippen molar-refractivity contribution in [3.63, 3.8) is 0 Å². The molecule has 0 bridgehead atoms. The third kappa shape index (κ3) is 8.85. The first-order valence-electron chi connectivity index (χ1n) is 6.12. The molecule has 0 unspecified atom stereocenters. The smallest absolute Gasteiger partial charge is 0.203 e. The molecule has 0 fully saturated rings. The highest BCUT2D eigenvalue weighted by Crippen LogP contribution is 2.02. The minimum absolute atomic E-state index is 0. The molecular formula is C13H21N5O2S. The number of ketones is 1. The van der Waals surface area contributed by atoms with Gasteiger partial charge < -0.3 is 4.84 Å². The van der Waals surface area contributed by atoms with Crippen LogP contribution < -0.4 is 0 Å². The third-order valence-electron chi connectivity index (χ3n) is 2.26. The predicted octanol–water partition coefficient (Wildman–Crippen LogP) is 2.99. The van der Waals surface area contributed by atoms with Gasteiger partial charge in [-0.3, -0.25) is 9.79 Å². The molecule has 0 aliphatic carbocycles. The van der Waals surface area contributed by atoms with Gasteiger partial charge in [-0.15, -0.1) is 5.10 Å². The first-order chi connectivity index (χ1) is 9.47. The first-order valence-corrected chi connectivity index (χ1v) is 6.53. The zero-order chi connectivity index (χ0) is 15.0. The summed E-state index contributed by atoms with van der Waals surface area (Å²) < 4.78 is 0. The molecule has 0 saturated carbocycles. The summed E-state index contributed by atoms with van der Waals surface area (Å²) in [5.41, 5.74) is 2.94. The van der Waals surface area contributed by atoms with Gasteiger partial charge in [0, 0.05) is 12.1 Å². The number of hydrogen-bond donors (Lipinski definition) is 0. The highest BCUT2D eigenvalue weighted by Gasteiger charge is 2.08. The molecule has 0 aromatic rings. The van der Waals surface area contributed by atoms with E-state index >= 15 is 0 Å². The van der Waals surface area contributed by atoms with E-state index in [1.54, 1.807) is 0 Å². The van der Waals surface area contributed by atoms with Gasteiger partial charge in [-0.05, 0) is 38.2 Å². The Hall–Kier alpha value is -1.83. The zero-order valence-corrected chi connectivity index (χ0v) is 12.6. The molecule has 0 aromatic carbocycles. The summed E-state index contributed by atoms with van der Waals surface area (Å²) >= 11 is 4.66. The molecule has 3 rings (SSSR count). The first kappa shape index (κ1) is 19.2. The molecule has 3 aliphatic heterocycles. The van der Waals surface area contributed by atoms with E-state index in [0.717, 1.165) is 23.6 Å². The monoisotopic (exact) mass is 311 g/mol. The van der Waals surface area contributed by atoms with Gasteiger partial charge in [0.15, 0.2) is 5.78 Å². The second-order valence-electron chi connectivity index (χ2n) is 4.46. The molecular weight excluding hydrogens is 290 g/mol. The summed E-state index contributed by atoms with van der Waals surface area (Å²) in [4.78, 5) is 18.8. The molecule has 116 valence electrons. The van der Waals surface area contributed by atoms with Crippen molar-refractivity contribution in [1.29, 1.82) is 0 Å². The average Bonchev–Trinajstić information content (AvgIpc) is 3.07. The van der Waals surface area contributed by atoms with Crippen molar-refractivity contribution in [3.8, 4) is 0 Å². The molecule has 0 saturated heterocycles. The number of Topliss-reactive ketones (excluding diaryl/α,β-unsaturated/α-hetero) is 1. The molecule has 3 aliphatic rings. The maximum Gasteiger partial charge on any atom is 0.203 e. The molecule has 7 nitrogen and oxygen atoms in total. The van der Waals surface area contributed by atoms with Crippen LogP contribution in [0.25, 0.3) is 0 Å². The Balaban J connectivity index is 0.000000280. The largest absolute Gasteiger partial charge is 0.349 e. The van der Waals surface area contributed by atoms with Crippen LogP contribution in [0.5, 0.6) is 0 Å². The van der Waals surface area contributed by atoms with Crippen molar-refractivity contribution in [3.05, 3.63) is 0 Å². The highest BCUT2D eigenvalue weighted by molar-refractivity contribution is 7.80. The quantitative estimate of drug-likeness (QED) is 0.644. The number of carbonyl (C=O) groups excluding carboxylic acids is 1. The van der Waals surface area contributed by atoms with Crippen LogP contribution >= 0.6 is 12.2 Å². The van der Waals surface area contributed by atoms with Crippen LogP contribution in [-0.4, -0.2) is 41.1 Å². The molecule has 3 heterocycles. The lowest BCUT2D eigenvalue weighted by atomic mass is 10.3. The summed E-state index contributed by atoms with van der Waals surface area (Å²) in [5, 5.41) is 14.7. The molecule has 0 N–H and O–H groups in total. The second kappa shape index (κ2) is 9.98. The average molecular weight is 311 g/mol. The van der Waals surface area contributed by atoms with Crippen LogP contribution in [-0.2, 0) is 9.63 Å². The van der Waals surface area contributed by atoms with Gasteiger partial charge >= 0.3 is 0 Å². The van der Waals surface area contributed by atoms with E-state index in [1.807, 2.05) is 20.8 Å². The minimum Gasteiger partial charge on any atom is -0.349 e. The Morgan fingerprint density at radius 3 is 1.90 bits per heavy atom. The van der Waals surface area contributed by atoms with Gasteiger partial charge in [0.25, 0.3) is 0 Å². The summed E-state index contributed by atoms with van der Waals surface area (Å²) in [6.07, 6.45) is 1.31. The van der Waals surface area contributed by atoms with E-state index in [1.165, 1.54) is 0 Å². The number of nitrogens with zero attached hydrogens (tertiary/aromatic N) is 5. The van der Waals surface area contributed by atoms with E-state index in [9.17, 15) is 4.79 Å². The van der Waals surface area contributed by atoms with Crippen molar-refractivity contribution in [2.45, 2.75) is 41.0 Å². The molecule has 0 radical (unpaired) electrons. The molecule has 0 amide bonds. The third-order valence-corrected chi connectivity index (χ3v) is 2.48. The molecule has 0 atom stereocenters. The van der Waals surface area contributed by atoms with Crippen LogP contribution in [0, 0.1) is 0 Å². The van der Waals surface area contributed by atoms with E-state index in [0.29, 0.717) is 24.6 Å². The molecule has 21 heavy (non-hydrogen) atoms. The fourth-order valence-electron chi connectivity index (χ4n) is 1.30. The summed E-state index contributed by atoms with van der Waals surface area (Å²) in [5.74, 6) is 0.248. The van der Waals surface area contributed by atoms with Crippen LogP contribution in [0.15, 0.2) is 25.6 Å². The lowest BCUT2D eigenvalue weighted by molar-refractivity contribution is -0.116. The summed E-state index contributed by atoms with van der Waals surface area (Å²) in [7, 11) is 0. The SMILES string of the molecule is C.CC1=NCC(=O)C1.CC1=NN=NC1.CC1=NOC(=S)C1. The second-order valence-corrected chi connectivity index (χ2v) is 4.91. The summed E-state index contributed by atoms with van der Waals surface area (Å²) in [6, 6.07) is 0. The lowest BCUT2D eigenvalue weighted by Crippen LogP contribution is -1.94. The van der Waals surface area contributed by atoms with Crippen LogP contribution in [0.4, 0.5) is 0 Å². The number of hydrogen-bond acceptors (Lipinski definition) is 8. The van der Waals surface area contributed by atoms with Gasteiger partial charge in [-0.1, -0.05) is 12.6 Å². The van der Waals surface area contributed by atoms with Gasteiger partial charge in [0.2, 0.25) is 5.05 Å². The van der Waals surface area contributed by atoms with E-state index in [4.69, 9.17) is 0 Å². The molecule has 0 aromatic heterocycles. The van der Waals surface area contributed by atoms with Crippen LogP contribution in [0.2, 0.25) is 0 Å². The van der Waals surface area contributed by atoms with Crippen molar-refractivity contribution < 1.29 is 9.63 Å². The molecule has 8 heteroatoms. The number of aliphatic imine (C=N–C) groups is 1. The van der Waals surface area contributed by atoms with E-state index < -0.39 is 0 Å². The van der Waals surface area contributed by atoms with Crippen LogP contribution in [0.3, 0.4) is 0 Å². The lowest BCUT2D eigenvalue weighted by Gasteiger charge is -1.79. The Kier molecular flexibility index (Phi) is 9.11. The summed E-state index contributed by atoms with van der Waals surface area (Å²) in [6.45, 7) is 6.79. The van der Waals surface area contributed by atoms with Gasteiger partial charge in [0.1, 0.15) is 6.54 Å². The topological polar surface area (TPSA) is 88.1 Å². The maximum atomic E-state index is 10.3. The number of oxime groups is 1. The number of thiocarbonyl (C=S) groups is 1. The highest BCUT2D eigenvalue weighted by atomic mass is 32.1. The van der Waals surface area contributed by atoms with Crippen LogP contribution in [0.1, 0.15) is 41.0 Å². The van der Waals surface area contributed by atoms with Crippen molar-refractivity contribution in [1.82, 2.24) is 0 Å². The number of rotatable bonds is 0. The minimum atomic E-state index is 0. The molecule has 0 spiro atoms. The Morgan fingerprint density at radius 2 is 1.76 bits per heavy atom. The van der Waals surface area contributed by atoms with Gasteiger partial charge in [-0.25, -0.2) is 0 Å². The van der Waals surface area contributed by atoms with Crippen molar-refractivity contribution in [2.75, 3.05) is 13.1 Å². The van der Waals surface area contributed by atoms with E-state index in [-0.39, 0.29) is 13.2 Å². The maximum absolute atomic E-state index is 10.3. The number of carbonyl (C=O) groups is 1. The zero-order valence-electron chi connectivity index (χ0n) is 11.8. The fourth-order valence-corrected chi connectivity index (χ4v) is 1.54. The Morgan fingerprint density at radius 1 is 1.05 bits per heavy atom. The van der Waals surface area contributed by atoms with Gasteiger partial charge in [-0.2, -0.15) is 5.11 Å². The predicted molar refractivity (Wildman–Crippen MR) is 88.6 cm³/mol. The van der Waals surface area contributed by atoms with E-state index in [2.05, 4.69) is 42.6 Å². The normalized spacial score (nSPS) is 18.3. The van der Waals surface area contributed by atoms with Crippen molar-refractivity contribution in [2.24, 2.45) is 25.6 Å². The fraction of sp³-hybridized carbons (Fsp3) is 0.615. The standard InChI is InChI=1S/C5H7NO.C4H5NOS.C3H5N3.CH4/c1-4-2-5(7)3-6-4;1-3-2-4(7)6-5-3;1-3-2-4-6-5-3;/h2-3H2,1H3;2H2,1H3;2H2,1H3;1H4. The Labute approximate surface area is 130 Å². The van der Waals surface area contributed by atoms with Gasteiger partial charge in [0.05, 0.1) is 24.4 Å².